The highest BCUT2D eigenvalue weighted by Crippen LogP contribution is 2.32. The van der Waals surface area contributed by atoms with Gasteiger partial charge in [-0.25, -0.2) is 4.98 Å². The van der Waals surface area contributed by atoms with Crippen molar-refractivity contribution in [2.45, 2.75) is 23.9 Å². The monoisotopic (exact) mass is 451 g/mol. The Bertz CT molecular complexity index is 1200. The summed E-state index contributed by atoms with van der Waals surface area (Å²) in [5, 5.41) is 12.4. The summed E-state index contributed by atoms with van der Waals surface area (Å²) in [7, 11) is 1.62. The molecule has 4 rings (SSSR count). The van der Waals surface area contributed by atoms with Gasteiger partial charge in [0, 0.05) is 6.54 Å². The number of rotatable bonds is 8. The van der Waals surface area contributed by atoms with Crippen LogP contribution in [0.3, 0.4) is 0 Å². The molecule has 0 bridgehead atoms. The number of fused-ring (bicyclic) bond motifs is 1. The van der Waals surface area contributed by atoms with E-state index in [9.17, 15) is 4.79 Å². The molecule has 0 saturated carbocycles. The van der Waals surface area contributed by atoms with Gasteiger partial charge in [0.1, 0.15) is 5.75 Å². The largest absolute Gasteiger partial charge is 0.496 e. The normalized spacial score (nSPS) is 11.9. The van der Waals surface area contributed by atoms with Gasteiger partial charge in [0.05, 0.1) is 28.1 Å². The van der Waals surface area contributed by atoms with Crippen LogP contribution in [-0.4, -0.2) is 38.0 Å². The number of nitrogens with zero attached hydrogens (tertiary/aromatic N) is 4. The van der Waals surface area contributed by atoms with Crippen molar-refractivity contribution in [3.8, 4) is 17.1 Å². The molecule has 7 nitrogen and oxygen atoms in total. The highest BCUT2D eigenvalue weighted by Gasteiger charge is 2.22. The summed E-state index contributed by atoms with van der Waals surface area (Å²) in [5.41, 5.74) is 1.70. The van der Waals surface area contributed by atoms with Gasteiger partial charge in [0.25, 0.3) is 0 Å². The SMILES string of the molecule is C=CCn1c(SC(C)C(=O)Nc2nc3ccccc3s2)nnc1-c1ccccc1OC. The molecule has 1 atom stereocenters. The van der Waals surface area contributed by atoms with Gasteiger partial charge in [0.15, 0.2) is 16.1 Å². The second kappa shape index (κ2) is 9.32. The van der Waals surface area contributed by atoms with Crippen LogP contribution >= 0.6 is 23.1 Å². The summed E-state index contributed by atoms with van der Waals surface area (Å²) < 4.78 is 8.43. The minimum atomic E-state index is -0.398. The second-order valence-electron chi connectivity index (χ2n) is 6.64. The number of hydrogen-bond acceptors (Lipinski definition) is 7. The number of nitrogens with one attached hydrogen (secondary N) is 1. The lowest BCUT2D eigenvalue weighted by atomic mass is 10.2. The number of carbonyl (C=O) groups is 1. The maximum atomic E-state index is 12.8. The van der Waals surface area contributed by atoms with Gasteiger partial charge in [-0.1, -0.05) is 53.4 Å². The molecule has 0 fully saturated rings. The van der Waals surface area contributed by atoms with E-state index >= 15 is 0 Å². The quantitative estimate of drug-likeness (QED) is 0.304. The van der Waals surface area contributed by atoms with Gasteiger partial charge in [-0.2, -0.15) is 0 Å². The third-order valence-corrected chi connectivity index (χ3v) is 6.58. The number of amides is 1. The topological polar surface area (TPSA) is 81.9 Å². The van der Waals surface area contributed by atoms with Crippen molar-refractivity contribution in [2.75, 3.05) is 12.4 Å². The van der Waals surface area contributed by atoms with Crippen molar-refractivity contribution in [1.29, 1.82) is 0 Å². The molecule has 2 heterocycles. The van der Waals surface area contributed by atoms with E-state index in [0.717, 1.165) is 15.8 Å². The summed E-state index contributed by atoms with van der Waals surface area (Å²) in [6.07, 6.45) is 1.78. The van der Waals surface area contributed by atoms with E-state index in [-0.39, 0.29) is 5.91 Å². The predicted octanol–water partition coefficient (Wildman–Crippen LogP) is 4.87. The Morgan fingerprint density at radius 1 is 1.26 bits per heavy atom. The Morgan fingerprint density at radius 2 is 2.03 bits per heavy atom. The van der Waals surface area contributed by atoms with Crippen LogP contribution in [0, 0.1) is 0 Å². The molecule has 0 aliphatic rings. The van der Waals surface area contributed by atoms with Crippen LogP contribution in [0.1, 0.15) is 6.92 Å². The number of methoxy groups -OCH3 is 1. The van der Waals surface area contributed by atoms with Crippen LogP contribution in [0.2, 0.25) is 0 Å². The number of para-hydroxylation sites is 2. The first kappa shape index (κ1) is 21.1. The van der Waals surface area contributed by atoms with Gasteiger partial charge in [-0.3, -0.25) is 9.36 Å². The standard InChI is InChI=1S/C22H21N5O2S2/c1-4-13-27-19(15-9-5-7-11-17(15)29-3)25-26-22(27)30-14(2)20(28)24-21-23-16-10-6-8-12-18(16)31-21/h4-12,14H,1,13H2,2-3H3,(H,23,24,28). The van der Waals surface area contributed by atoms with Crippen molar-refractivity contribution >= 4 is 44.4 Å². The van der Waals surface area contributed by atoms with Crippen molar-refractivity contribution in [1.82, 2.24) is 19.7 Å². The number of allylic oxidation sites excluding steroid dienone is 1. The molecule has 4 aromatic rings. The van der Waals surface area contributed by atoms with Crippen LogP contribution in [0.25, 0.3) is 21.6 Å². The predicted molar refractivity (Wildman–Crippen MR) is 126 cm³/mol. The first-order chi connectivity index (χ1) is 15.1. The number of benzene rings is 2. The smallest absolute Gasteiger partial charge is 0.239 e. The number of thiazole rings is 1. The third kappa shape index (κ3) is 4.47. The highest BCUT2D eigenvalue weighted by atomic mass is 32.2. The van der Waals surface area contributed by atoms with E-state index in [2.05, 4.69) is 27.1 Å². The molecule has 9 heteroatoms. The lowest BCUT2D eigenvalue weighted by molar-refractivity contribution is -0.115. The number of carbonyl (C=O) groups excluding carboxylic acids is 1. The zero-order chi connectivity index (χ0) is 21.8. The Kier molecular flexibility index (Phi) is 6.34. The van der Waals surface area contributed by atoms with Crippen LogP contribution in [0.15, 0.2) is 66.3 Å². The molecule has 2 aromatic carbocycles. The number of hydrogen-bond donors (Lipinski definition) is 1. The minimum absolute atomic E-state index is 0.143. The first-order valence-corrected chi connectivity index (χ1v) is 11.3. The van der Waals surface area contributed by atoms with E-state index in [0.29, 0.717) is 28.4 Å². The summed E-state index contributed by atoms with van der Waals surface area (Å²) in [4.78, 5) is 17.2. The number of aromatic nitrogens is 4. The zero-order valence-corrected chi connectivity index (χ0v) is 18.7. The summed E-state index contributed by atoms with van der Waals surface area (Å²) in [6, 6.07) is 15.4. The number of thioether (sulfide) groups is 1. The highest BCUT2D eigenvalue weighted by molar-refractivity contribution is 8.00. The fourth-order valence-corrected chi connectivity index (χ4v) is 4.77. The lowest BCUT2D eigenvalue weighted by Crippen LogP contribution is -2.22. The molecule has 0 saturated heterocycles. The molecule has 31 heavy (non-hydrogen) atoms. The van der Waals surface area contributed by atoms with Crippen LogP contribution in [0.5, 0.6) is 5.75 Å². The molecule has 0 spiro atoms. The van der Waals surface area contributed by atoms with Crippen LogP contribution < -0.4 is 10.1 Å². The van der Waals surface area contributed by atoms with E-state index in [1.54, 1.807) is 13.2 Å². The number of ether oxygens (including phenoxy) is 1. The van der Waals surface area contributed by atoms with Crippen molar-refractivity contribution in [3.05, 3.63) is 61.2 Å². The van der Waals surface area contributed by atoms with Gasteiger partial charge in [-0.15, -0.1) is 16.8 Å². The first-order valence-electron chi connectivity index (χ1n) is 9.61. The molecule has 158 valence electrons. The second-order valence-corrected chi connectivity index (χ2v) is 8.98. The lowest BCUT2D eigenvalue weighted by Gasteiger charge is -2.13. The maximum Gasteiger partial charge on any atom is 0.239 e. The van der Waals surface area contributed by atoms with Gasteiger partial charge >= 0.3 is 0 Å². The van der Waals surface area contributed by atoms with Crippen molar-refractivity contribution in [3.63, 3.8) is 0 Å². The van der Waals surface area contributed by atoms with Gasteiger partial charge in [-0.05, 0) is 31.2 Å². The molecular weight excluding hydrogens is 430 g/mol. The molecule has 1 amide bonds. The molecule has 1 unspecified atom stereocenters. The van der Waals surface area contributed by atoms with E-state index < -0.39 is 5.25 Å². The summed E-state index contributed by atoms with van der Waals surface area (Å²) in [5.74, 6) is 1.23. The molecule has 0 aliphatic carbocycles. The van der Waals surface area contributed by atoms with E-state index in [1.165, 1.54) is 23.1 Å². The summed E-state index contributed by atoms with van der Waals surface area (Å²) >= 11 is 2.79. The van der Waals surface area contributed by atoms with Crippen molar-refractivity contribution in [2.24, 2.45) is 0 Å². The average molecular weight is 452 g/mol. The average Bonchev–Trinajstić information content (AvgIpc) is 3.37. The molecule has 2 aromatic heterocycles. The third-order valence-electron chi connectivity index (χ3n) is 4.55. The fourth-order valence-electron chi connectivity index (χ4n) is 3.04. The van der Waals surface area contributed by atoms with Crippen LogP contribution in [-0.2, 0) is 11.3 Å². The molecule has 0 aliphatic heterocycles. The molecule has 1 N–H and O–H groups in total. The molecular formula is C22H21N5O2S2. The summed E-state index contributed by atoms with van der Waals surface area (Å²) in [6.45, 7) is 6.19. The molecule has 0 radical (unpaired) electrons. The Morgan fingerprint density at radius 3 is 2.81 bits per heavy atom. The Balaban J connectivity index is 1.54. The number of anilines is 1. The van der Waals surface area contributed by atoms with Gasteiger partial charge in [0.2, 0.25) is 5.91 Å². The zero-order valence-electron chi connectivity index (χ0n) is 17.1. The fraction of sp³-hybridized carbons (Fsp3) is 0.182. The Hall–Kier alpha value is -3.17. The maximum absolute atomic E-state index is 12.8. The van der Waals surface area contributed by atoms with E-state index in [4.69, 9.17) is 4.74 Å². The Labute approximate surface area is 188 Å². The van der Waals surface area contributed by atoms with Gasteiger partial charge < -0.3 is 10.1 Å². The van der Waals surface area contributed by atoms with Crippen LogP contribution in [0.4, 0.5) is 5.13 Å². The van der Waals surface area contributed by atoms with E-state index in [1.807, 2.05) is 60.0 Å². The minimum Gasteiger partial charge on any atom is -0.496 e. The van der Waals surface area contributed by atoms with Crippen molar-refractivity contribution < 1.29 is 9.53 Å².